The Morgan fingerprint density at radius 2 is 1.53 bits per heavy atom. The third-order valence-corrected chi connectivity index (χ3v) is 7.52. The number of anilines is 1. The third-order valence-electron chi connectivity index (χ3n) is 6.14. The van der Waals surface area contributed by atoms with Gasteiger partial charge in [0.25, 0.3) is 10.0 Å². The lowest BCUT2D eigenvalue weighted by atomic mass is 9.86. The lowest BCUT2D eigenvalue weighted by molar-refractivity contribution is 0.215. The van der Waals surface area contributed by atoms with Gasteiger partial charge in [0.1, 0.15) is 5.82 Å². The number of fused-ring (bicyclic) bond motifs is 1. The van der Waals surface area contributed by atoms with E-state index in [0.29, 0.717) is 12.2 Å². The van der Waals surface area contributed by atoms with Gasteiger partial charge in [0, 0.05) is 24.8 Å². The molecule has 0 saturated carbocycles. The summed E-state index contributed by atoms with van der Waals surface area (Å²) in [5.41, 5.74) is 5.17. The number of nitrogens with one attached hydrogen (secondary N) is 1. The zero-order chi connectivity index (χ0) is 23.1. The van der Waals surface area contributed by atoms with E-state index in [1.54, 1.807) is 12.1 Å². The summed E-state index contributed by atoms with van der Waals surface area (Å²) in [5, 5.41) is 0. The van der Waals surface area contributed by atoms with Crippen LogP contribution in [0.2, 0.25) is 0 Å². The summed E-state index contributed by atoms with van der Waals surface area (Å²) in [7, 11) is -3.75. The first kappa shape index (κ1) is 22.5. The van der Waals surface area contributed by atoms with Crippen molar-refractivity contribution in [3.05, 3.63) is 94.8 Å². The van der Waals surface area contributed by atoms with Crippen molar-refractivity contribution >= 4 is 15.7 Å². The topological polar surface area (TPSA) is 49.4 Å². The van der Waals surface area contributed by atoms with Crippen LogP contribution in [0.25, 0.3) is 0 Å². The van der Waals surface area contributed by atoms with E-state index in [4.69, 9.17) is 0 Å². The molecule has 3 aromatic carbocycles. The zero-order valence-electron chi connectivity index (χ0n) is 18.9. The average Bonchev–Trinajstić information content (AvgIpc) is 3.17. The molecule has 1 aliphatic rings. The molecule has 32 heavy (non-hydrogen) atoms. The van der Waals surface area contributed by atoms with E-state index in [1.165, 1.54) is 35.4 Å². The van der Waals surface area contributed by atoms with Crippen LogP contribution in [0.15, 0.2) is 71.6 Å². The summed E-state index contributed by atoms with van der Waals surface area (Å²) in [5.74, 6) is -0.410. The molecule has 4 nitrogen and oxygen atoms in total. The predicted molar refractivity (Wildman–Crippen MR) is 126 cm³/mol. The Balaban J connectivity index is 1.50. The fourth-order valence-electron chi connectivity index (χ4n) is 4.04. The Hall–Kier alpha value is -2.70. The van der Waals surface area contributed by atoms with Gasteiger partial charge in [-0.2, -0.15) is 0 Å². The van der Waals surface area contributed by atoms with Crippen molar-refractivity contribution in [3.8, 4) is 0 Å². The number of benzene rings is 3. The third kappa shape index (κ3) is 4.71. The highest BCUT2D eigenvalue weighted by atomic mass is 32.2. The molecule has 3 aromatic rings. The summed E-state index contributed by atoms with van der Waals surface area (Å²) in [4.78, 5) is 2.56. The SMILES string of the molecule is CC(c1ccc(C(C)(C)C)cc1)N1Cc2ccc(S(=O)(=O)Nc3ccc(F)cc3)cc2C1. The molecule has 1 aliphatic heterocycles. The van der Waals surface area contributed by atoms with Gasteiger partial charge in [-0.1, -0.05) is 51.1 Å². The monoisotopic (exact) mass is 452 g/mol. The largest absolute Gasteiger partial charge is 0.288 e. The first-order valence-electron chi connectivity index (χ1n) is 10.8. The van der Waals surface area contributed by atoms with E-state index in [-0.39, 0.29) is 16.4 Å². The minimum absolute atomic E-state index is 0.121. The van der Waals surface area contributed by atoms with Crippen LogP contribution < -0.4 is 4.72 Å². The lowest BCUT2D eigenvalue weighted by Crippen LogP contribution is -2.21. The first-order valence-corrected chi connectivity index (χ1v) is 12.3. The molecule has 0 aromatic heterocycles. The molecular formula is C26H29FN2O2S. The van der Waals surface area contributed by atoms with Gasteiger partial charge in [-0.15, -0.1) is 0 Å². The van der Waals surface area contributed by atoms with Crippen molar-refractivity contribution < 1.29 is 12.8 Å². The van der Waals surface area contributed by atoms with Gasteiger partial charge in [-0.25, -0.2) is 12.8 Å². The number of nitrogens with zero attached hydrogens (tertiary/aromatic N) is 1. The summed E-state index contributed by atoms with van der Waals surface area (Å²) >= 11 is 0. The van der Waals surface area contributed by atoms with Gasteiger partial charge in [0.15, 0.2) is 0 Å². The van der Waals surface area contributed by atoms with Crippen LogP contribution in [0, 0.1) is 5.82 Å². The van der Waals surface area contributed by atoms with Crippen LogP contribution >= 0.6 is 0 Å². The van der Waals surface area contributed by atoms with E-state index in [9.17, 15) is 12.8 Å². The summed E-state index contributed by atoms with van der Waals surface area (Å²) < 4.78 is 41.3. The summed E-state index contributed by atoms with van der Waals surface area (Å²) in [6, 6.07) is 19.5. The lowest BCUT2D eigenvalue weighted by Gasteiger charge is -2.25. The number of sulfonamides is 1. The van der Waals surface area contributed by atoms with Crippen molar-refractivity contribution in [3.63, 3.8) is 0 Å². The first-order chi connectivity index (χ1) is 15.0. The van der Waals surface area contributed by atoms with Crippen molar-refractivity contribution in [1.82, 2.24) is 4.90 Å². The highest BCUT2D eigenvalue weighted by Gasteiger charge is 2.26. The van der Waals surface area contributed by atoms with Gasteiger partial charge >= 0.3 is 0 Å². The van der Waals surface area contributed by atoms with E-state index in [2.05, 4.69) is 61.6 Å². The number of halogens is 1. The van der Waals surface area contributed by atoms with Crippen LogP contribution in [-0.4, -0.2) is 13.3 Å². The van der Waals surface area contributed by atoms with Crippen molar-refractivity contribution in [2.45, 2.75) is 57.1 Å². The second-order valence-electron chi connectivity index (χ2n) is 9.50. The van der Waals surface area contributed by atoms with Crippen molar-refractivity contribution in [2.24, 2.45) is 0 Å². The molecule has 0 fully saturated rings. The Kier molecular flexibility index (Phi) is 5.86. The molecule has 1 atom stereocenters. The highest BCUT2D eigenvalue weighted by molar-refractivity contribution is 7.92. The maximum absolute atomic E-state index is 13.1. The van der Waals surface area contributed by atoms with Crippen molar-refractivity contribution in [2.75, 3.05) is 4.72 Å². The van der Waals surface area contributed by atoms with Gasteiger partial charge in [-0.05, 0) is 71.0 Å². The minimum Gasteiger partial charge on any atom is -0.288 e. The summed E-state index contributed by atoms with van der Waals surface area (Å²) in [6.45, 7) is 10.3. The molecule has 0 amide bonds. The van der Waals surface area contributed by atoms with E-state index >= 15 is 0 Å². The molecule has 0 aliphatic carbocycles. The van der Waals surface area contributed by atoms with Gasteiger partial charge in [0.05, 0.1) is 4.90 Å². The maximum Gasteiger partial charge on any atom is 0.261 e. The van der Waals surface area contributed by atoms with Crippen LogP contribution in [0.3, 0.4) is 0 Å². The molecule has 1 unspecified atom stereocenters. The highest BCUT2D eigenvalue weighted by Crippen LogP contribution is 2.33. The molecule has 1 heterocycles. The molecular weight excluding hydrogens is 423 g/mol. The maximum atomic E-state index is 13.1. The smallest absolute Gasteiger partial charge is 0.261 e. The van der Waals surface area contributed by atoms with Gasteiger partial charge < -0.3 is 0 Å². The molecule has 1 N–H and O–H groups in total. The Morgan fingerprint density at radius 3 is 2.16 bits per heavy atom. The molecule has 0 saturated heterocycles. The Bertz CT molecular complexity index is 1210. The normalized spacial score (nSPS) is 15.4. The second-order valence-corrected chi connectivity index (χ2v) is 11.2. The molecule has 4 rings (SSSR count). The molecule has 6 heteroatoms. The fourth-order valence-corrected chi connectivity index (χ4v) is 5.15. The Labute approximate surface area is 190 Å². The second kappa shape index (κ2) is 8.34. The van der Waals surface area contributed by atoms with E-state index < -0.39 is 15.8 Å². The number of rotatable bonds is 5. The standard InChI is InChI=1S/C26H29FN2O2S/c1-18(19-5-8-22(9-6-19)26(2,3)4)29-16-20-7-14-25(15-21(20)17-29)32(30,31)28-24-12-10-23(27)11-13-24/h5-15,18,28H,16-17H2,1-4H3. The van der Waals surface area contributed by atoms with E-state index in [0.717, 1.165) is 17.7 Å². The van der Waals surface area contributed by atoms with Crippen LogP contribution in [0.1, 0.15) is 56.0 Å². The fraction of sp³-hybridized carbons (Fsp3) is 0.308. The quantitative estimate of drug-likeness (QED) is 0.516. The van der Waals surface area contributed by atoms with Crippen LogP contribution in [0.5, 0.6) is 0 Å². The van der Waals surface area contributed by atoms with Gasteiger partial charge in [-0.3, -0.25) is 9.62 Å². The molecule has 0 radical (unpaired) electrons. The minimum atomic E-state index is -3.75. The summed E-state index contributed by atoms with van der Waals surface area (Å²) in [6.07, 6.45) is 0. The van der Waals surface area contributed by atoms with Crippen molar-refractivity contribution in [1.29, 1.82) is 0 Å². The van der Waals surface area contributed by atoms with Gasteiger partial charge in [0.2, 0.25) is 0 Å². The zero-order valence-corrected chi connectivity index (χ0v) is 19.7. The van der Waals surface area contributed by atoms with Crippen LogP contribution in [0.4, 0.5) is 10.1 Å². The average molecular weight is 453 g/mol. The number of hydrogen-bond acceptors (Lipinski definition) is 3. The predicted octanol–water partition coefficient (Wildman–Crippen LogP) is 6.00. The molecule has 0 spiro atoms. The molecule has 168 valence electrons. The Morgan fingerprint density at radius 1 is 0.906 bits per heavy atom. The van der Waals surface area contributed by atoms with E-state index in [1.807, 2.05) is 6.07 Å². The van der Waals surface area contributed by atoms with Crippen LogP contribution in [-0.2, 0) is 28.5 Å². The molecule has 0 bridgehead atoms. The number of hydrogen-bond donors (Lipinski definition) is 1.